The van der Waals surface area contributed by atoms with Crippen molar-refractivity contribution in [2.24, 2.45) is 17.8 Å². The van der Waals surface area contributed by atoms with Crippen molar-refractivity contribution in [3.05, 3.63) is 103 Å². The highest BCUT2D eigenvalue weighted by Gasteiger charge is 2.52. The number of carbonyl (C=O) groups is 2. The van der Waals surface area contributed by atoms with Crippen molar-refractivity contribution in [2.75, 3.05) is 0 Å². The van der Waals surface area contributed by atoms with Crippen LogP contribution >= 0.6 is 0 Å². The van der Waals surface area contributed by atoms with Gasteiger partial charge in [-0.3, -0.25) is 9.69 Å². The van der Waals surface area contributed by atoms with Crippen LogP contribution in [0.2, 0.25) is 0 Å². The van der Waals surface area contributed by atoms with E-state index in [-0.39, 0.29) is 30.1 Å². The molecular weight excluding hydrogens is 498 g/mol. The van der Waals surface area contributed by atoms with Gasteiger partial charge in [-0.1, -0.05) is 118 Å². The molecule has 2 aliphatic rings. The van der Waals surface area contributed by atoms with Gasteiger partial charge in [0.1, 0.15) is 6.10 Å². The van der Waals surface area contributed by atoms with Crippen LogP contribution in [0.3, 0.4) is 0 Å². The van der Waals surface area contributed by atoms with Gasteiger partial charge >= 0.3 is 6.09 Å². The number of nitrogens with zero attached hydrogens (tertiary/aromatic N) is 1. The maximum Gasteiger partial charge on any atom is 0.414 e. The molecule has 0 bridgehead atoms. The molecule has 0 radical (unpaired) electrons. The standard InChI is InChI=1S/C34H39NO3Si/c1-25(2)31-20-19-26(3)23-32(31)38-34(37)35-22-21-27(36)24-33(35)39(28-13-7-4-8-14-28,29-15-9-5-10-16-29)30-17-11-6-12-18-30/h4-18,21-22,25-26,31-33H,19-20,23-24H2,1-3H3/t26-,31+,32-,33+/m1/s1. The molecule has 1 heterocycles. The number of hydrogen-bond donors (Lipinski definition) is 0. The zero-order valence-corrected chi connectivity index (χ0v) is 24.2. The molecule has 1 aliphatic heterocycles. The zero-order valence-electron chi connectivity index (χ0n) is 23.2. The largest absolute Gasteiger partial charge is 0.446 e. The maximum absolute atomic E-state index is 14.2. The van der Waals surface area contributed by atoms with Gasteiger partial charge in [0.25, 0.3) is 0 Å². The molecule has 5 heteroatoms. The second-order valence-corrected chi connectivity index (χ2v) is 15.6. The molecule has 0 unspecified atom stereocenters. The van der Waals surface area contributed by atoms with Crippen LogP contribution in [-0.2, 0) is 9.53 Å². The van der Waals surface area contributed by atoms with Crippen LogP contribution in [0, 0.1) is 17.8 Å². The van der Waals surface area contributed by atoms with Crippen LogP contribution in [-0.4, -0.2) is 36.6 Å². The molecule has 3 aromatic rings. The van der Waals surface area contributed by atoms with Gasteiger partial charge in [-0.15, -0.1) is 0 Å². The van der Waals surface area contributed by atoms with E-state index in [0.29, 0.717) is 17.8 Å². The van der Waals surface area contributed by atoms with Crippen LogP contribution in [0.5, 0.6) is 0 Å². The summed E-state index contributed by atoms with van der Waals surface area (Å²) in [5.74, 6) is 1.35. The smallest absolute Gasteiger partial charge is 0.414 e. The Morgan fingerprint density at radius 1 is 0.846 bits per heavy atom. The Labute approximate surface area is 233 Å². The molecule has 5 rings (SSSR count). The second kappa shape index (κ2) is 11.7. The van der Waals surface area contributed by atoms with E-state index in [4.69, 9.17) is 4.74 Å². The van der Waals surface area contributed by atoms with E-state index >= 15 is 0 Å². The molecule has 3 aromatic carbocycles. The van der Waals surface area contributed by atoms with Gasteiger partial charge in [0.2, 0.25) is 0 Å². The molecule has 202 valence electrons. The fourth-order valence-corrected chi connectivity index (χ4v) is 12.2. The third-order valence-electron chi connectivity index (χ3n) is 8.76. The van der Waals surface area contributed by atoms with Crippen LogP contribution in [0.1, 0.15) is 46.5 Å². The number of allylic oxidation sites excluding steroid dienone is 1. The van der Waals surface area contributed by atoms with E-state index in [9.17, 15) is 9.59 Å². The highest BCUT2D eigenvalue weighted by Crippen LogP contribution is 2.36. The van der Waals surface area contributed by atoms with Gasteiger partial charge in [0, 0.05) is 12.6 Å². The highest BCUT2D eigenvalue weighted by atomic mass is 28.3. The molecule has 0 spiro atoms. The first-order valence-electron chi connectivity index (χ1n) is 14.3. The number of rotatable bonds is 6. The average molecular weight is 538 g/mol. The number of ketones is 1. The Morgan fingerprint density at radius 3 is 1.85 bits per heavy atom. The Kier molecular flexibility index (Phi) is 8.17. The molecule has 0 N–H and O–H groups in total. The van der Waals surface area contributed by atoms with Crippen molar-refractivity contribution in [3.8, 4) is 0 Å². The van der Waals surface area contributed by atoms with Crippen LogP contribution in [0.4, 0.5) is 4.79 Å². The SMILES string of the molecule is CC(C)[C@@H]1CC[C@@H](C)C[C@H]1OC(=O)N1C=CC(=O)C[C@@H]1[Si](c1ccccc1)(c1ccccc1)c1ccccc1. The molecule has 4 atom stereocenters. The van der Waals surface area contributed by atoms with E-state index in [0.717, 1.165) is 12.8 Å². The van der Waals surface area contributed by atoms with Crippen LogP contribution in [0.25, 0.3) is 0 Å². The zero-order chi connectivity index (χ0) is 27.4. The van der Waals surface area contributed by atoms with Crippen LogP contribution in [0.15, 0.2) is 103 Å². The fraction of sp³-hybridized carbons (Fsp3) is 0.353. The summed E-state index contributed by atoms with van der Waals surface area (Å²) in [6, 6.07) is 31.4. The lowest BCUT2D eigenvalue weighted by atomic mass is 9.75. The van der Waals surface area contributed by atoms with Gasteiger partial charge < -0.3 is 4.74 Å². The minimum absolute atomic E-state index is 0.0371. The van der Waals surface area contributed by atoms with Gasteiger partial charge in [-0.2, -0.15) is 0 Å². The van der Waals surface area contributed by atoms with E-state index in [2.05, 4.69) is 93.6 Å². The summed E-state index contributed by atoms with van der Waals surface area (Å²) < 4.78 is 6.39. The van der Waals surface area contributed by atoms with Crippen LogP contribution < -0.4 is 15.6 Å². The van der Waals surface area contributed by atoms with E-state index in [1.165, 1.54) is 22.0 Å². The molecule has 4 nitrogen and oxygen atoms in total. The van der Waals surface area contributed by atoms with E-state index in [1.54, 1.807) is 17.2 Å². The average Bonchev–Trinajstić information content (AvgIpc) is 2.95. The first-order chi connectivity index (χ1) is 18.9. The molecule has 1 fully saturated rings. The summed E-state index contributed by atoms with van der Waals surface area (Å²) >= 11 is 0. The first kappa shape index (κ1) is 27.1. The van der Waals surface area contributed by atoms with Crippen molar-refractivity contribution in [2.45, 2.75) is 58.2 Å². The van der Waals surface area contributed by atoms with Gasteiger partial charge in [0.15, 0.2) is 13.9 Å². The minimum atomic E-state index is -2.96. The first-order valence-corrected chi connectivity index (χ1v) is 16.4. The lowest BCUT2D eigenvalue weighted by Gasteiger charge is -2.46. The van der Waals surface area contributed by atoms with E-state index < -0.39 is 8.07 Å². The predicted molar refractivity (Wildman–Crippen MR) is 160 cm³/mol. The summed E-state index contributed by atoms with van der Waals surface area (Å²) in [6.45, 7) is 6.70. The number of amides is 1. The number of hydrogen-bond acceptors (Lipinski definition) is 3. The maximum atomic E-state index is 14.2. The summed E-state index contributed by atoms with van der Waals surface area (Å²) in [4.78, 5) is 29.0. The minimum Gasteiger partial charge on any atom is -0.446 e. The third kappa shape index (κ3) is 5.37. The molecule has 1 aliphatic carbocycles. The topological polar surface area (TPSA) is 46.6 Å². The second-order valence-electron chi connectivity index (χ2n) is 11.6. The Balaban J connectivity index is 1.65. The molecule has 39 heavy (non-hydrogen) atoms. The van der Waals surface area contributed by atoms with Crippen molar-refractivity contribution in [1.82, 2.24) is 4.90 Å². The summed E-state index contributed by atoms with van der Waals surface area (Å²) in [5, 5.41) is 3.50. The molecule has 1 saturated carbocycles. The summed E-state index contributed by atoms with van der Waals surface area (Å²) in [7, 11) is -2.96. The van der Waals surface area contributed by atoms with Crippen molar-refractivity contribution < 1.29 is 14.3 Å². The predicted octanol–water partition coefficient (Wildman–Crippen LogP) is 5.45. The number of benzene rings is 3. The summed E-state index contributed by atoms with van der Waals surface area (Å²) in [5.41, 5.74) is -0.367. The van der Waals surface area contributed by atoms with E-state index in [1.807, 2.05) is 18.2 Å². The van der Waals surface area contributed by atoms with Crippen molar-refractivity contribution in [1.29, 1.82) is 0 Å². The fourth-order valence-electron chi connectivity index (χ4n) is 6.79. The monoisotopic (exact) mass is 537 g/mol. The third-order valence-corrected chi connectivity index (χ3v) is 14.0. The Bertz CT molecular complexity index is 1200. The molecular formula is C34H39NO3Si. The number of ether oxygens (including phenoxy) is 1. The Hall–Kier alpha value is -3.44. The van der Waals surface area contributed by atoms with Crippen molar-refractivity contribution >= 4 is 35.5 Å². The Morgan fingerprint density at radius 2 is 1.36 bits per heavy atom. The number of carbonyl (C=O) groups excluding carboxylic acids is 2. The molecule has 1 amide bonds. The van der Waals surface area contributed by atoms with Crippen molar-refractivity contribution in [3.63, 3.8) is 0 Å². The highest BCUT2D eigenvalue weighted by molar-refractivity contribution is 7.12. The lowest BCUT2D eigenvalue weighted by molar-refractivity contribution is -0.115. The quantitative estimate of drug-likeness (QED) is 0.310. The molecule has 0 saturated heterocycles. The van der Waals surface area contributed by atoms with Gasteiger partial charge in [0.05, 0.1) is 5.67 Å². The molecule has 0 aromatic heterocycles. The van der Waals surface area contributed by atoms with Gasteiger partial charge in [-0.05, 0) is 52.2 Å². The summed E-state index contributed by atoms with van der Waals surface area (Å²) in [6.07, 6.45) is 6.16. The lowest BCUT2D eigenvalue weighted by Crippen LogP contribution is -2.78. The normalized spacial score (nSPS) is 23.6. The van der Waals surface area contributed by atoms with Gasteiger partial charge in [-0.25, -0.2) is 4.79 Å².